The van der Waals surface area contributed by atoms with Gasteiger partial charge in [-0.15, -0.1) is 0 Å². The maximum absolute atomic E-state index is 11.4. The molecule has 0 amide bonds. The van der Waals surface area contributed by atoms with E-state index in [1.165, 1.54) is 6.26 Å². The van der Waals surface area contributed by atoms with Gasteiger partial charge in [-0.3, -0.25) is 0 Å². The summed E-state index contributed by atoms with van der Waals surface area (Å²) in [7, 11) is -3.13. The summed E-state index contributed by atoms with van der Waals surface area (Å²) in [6.07, 6.45) is 2.17. The Hall–Kier alpha value is -0.805. The maximum Gasteiger partial charge on any atom is 0.327 e. The minimum absolute atomic E-state index is 0.0404. The second kappa shape index (κ2) is 4.35. The summed E-state index contributed by atoms with van der Waals surface area (Å²) in [4.78, 5) is 0.354. The molecule has 1 aromatic rings. The summed E-state index contributed by atoms with van der Waals surface area (Å²) < 4.78 is 29.0. The lowest BCUT2D eigenvalue weighted by Crippen LogP contribution is -2.36. The minimum Gasteiger partial charge on any atom is -0.426 e. The SMILES string of the molecule is CC1(C)CB(c2ccc(S(C)(=O)=O)cc2)OC1(C)C. The molecule has 0 unspecified atom stereocenters. The van der Waals surface area contributed by atoms with E-state index in [0.29, 0.717) is 4.90 Å². The molecule has 0 atom stereocenters. The van der Waals surface area contributed by atoms with Crippen LogP contribution in [0.25, 0.3) is 0 Å². The smallest absolute Gasteiger partial charge is 0.327 e. The molecule has 2 rings (SSSR count). The number of hydrogen-bond donors (Lipinski definition) is 0. The topological polar surface area (TPSA) is 43.4 Å². The van der Waals surface area contributed by atoms with Crippen LogP contribution in [0.15, 0.2) is 29.2 Å². The van der Waals surface area contributed by atoms with E-state index < -0.39 is 9.84 Å². The average Bonchev–Trinajstić information content (AvgIpc) is 2.47. The predicted octanol–water partition coefficient (Wildman–Crippen LogP) is 2.12. The first-order chi connectivity index (χ1) is 8.53. The summed E-state index contributed by atoms with van der Waals surface area (Å²) in [6, 6.07) is 7.04. The maximum atomic E-state index is 11.4. The Morgan fingerprint density at radius 1 is 1.11 bits per heavy atom. The summed E-state index contributed by atoms with van der Waals surface area (Å²) in [6.45, 7) is 8.67. The molecule has 1 fully saturated rings. The lowest BCUT2D eigenvalue weighted by atomic mass is 9.54. The van der Waals surface area contributed by atoms with Gasteiger partial charge in [-0.1, -0.05) is 26.0 Å². The Bertz CT molecular complexity index is 557. The van der Waals surface area contributed by atoms with Crippen LogP contribution < -0.4 is 5.46 Å². The standard InChI is InChI=1S/C14H21BO3S/c1-13(2)10-15(18-14(13,3)4)11-6-8-12(9-7-11)19(5,16)17/h6-9H,10H2,1-5H3. The lowest BCUT2D eigenvalue weighted by molar-refractivity contribution is 0.0375. The number of benzene rings is 1. The highest BCUT2D eigenvalue weighted by molar-refractivity contribution is 7.90. The van der Waals surface area contributed by atoms with Gasteiger partial charge in [0.05, 0.1) is 10.5 Å². The third kappa shape index (κ3) is 2.72. The van der Waals surface area contributed by atoms with Gasteiger partial charge in [0, 0.05) is 6.26 Å². The van der Waals surface area contributed by atoms with E-state index in [1.54, 1.807) is 12.1 Å². The van der Waals surface area contributed by atoms with Crippen LogP contribution in [0.4, 0.5) is 0 Å². The molecule has 0 radical (unpaired) electrons. The molecule has 0 spiro atoms. The van der Waals surface area contributed by atoms with Gasteiger partial charge in [-0.2, -0.15) is 0 Å². The van der Waals surface area contributed by atoms with E-state index in [1.807, 2.05) is 12.1 Å². The number of rotatable bonds is 2. The van der Waals surface area contributed by atoms with Crippen LogP contribution in [0, 0.1) is 5.41 Å². The Morgan fingerprint density at radius 3 is 2.00 bits per heavy atom. The molecule has 1 saturated heterocycles. The second-order valence-electron chi connectivity index (χ2n) is 6.55. The zero-order chi connectivity index (χ0) is 14.5. The van der Waals surface area contributed by atoms with Gasteiger partial charge < -0.3 is 4.65 Å². The quantitative estimate of drug-likeness (QED) is 0.779. The first-order valence-corrected chi connectivity index (χ1v) is 8.40. The number of sulfone groups is 1. The highest BCUT2D eigenvalue weighted by atomic mass is 32.2. The molecular weight excluding hydrogens is 259 g/mol. The monoisotopic (exact) mass is 280 g/mol. The molecule has 0 N–H and O–H groups in total. The van der Waals surface area contributed by atoms with E-state index in [9.17, 15) is 8.42 Å². The molecule has 19 heavy (non-hydrogen) atoms. The van der Waals surface area contributed by atoms with Crippen molar-refractivity contribution in [3.05, 3.63) is 24.3 Å². The van der Waals surface area contributed by atoms with Crippen molar-refractivity contribution in [1.29, 1.82) is 0 Å². The van der Waals surface area contributed by atoms with Crippen LogP contribution in [-0.2, 0) is 14.5 Å². The zero-order valence-electron chi connectivity index (χ0n) is 12.2. The Labute approximate surface area is 116 Å². The molecule has 1 aliphatic heterocycles. The summed E-state index contributed by atoms with van der Waals surface area (Å²) in [5.41, 5.74) is 0.978. The van der Waals surface area contributed by atoms with Gasteiger partial charge in [0.25, 0.3) is 0 Å². The van der Waals surface area contributed by atoms with Crippen LogP contribution >= 0.6 is 0 Å². The first-order valence-electron chi connectivity index (χ1n) is 6.51. The fourth-order valence-corrected chi connectivity index (χ4v) is 3.01. The summed E-state index contributed by atoms with van der Waals surface area (Å²) in [5.74, 6) is 0. The normalized spacial score (nSPS) is 21.6. The Morgan fingerprint density at radius 2 is 1.63 bits per heavy atom. The van der Waals surface area contributed by atoms with Crippen LogP contribution in [0.3, 0.4) is 0 Å². The predicted molar refractivity (Wildman–Crippen MR) is 78.7 cm³/mol. The highest BCUT2D eigenvalue weighted by Gasteiger charge is 2.49. The van der Waals surface area contributed by atoms with Gasteiger partial charge >= 0.3 is 6.92 Å². The molecule has 3 nitrogen and oxygen atoms in total. The van der Waals surface area contributed by atoms with Gasteiger partial charge in [-0.25, -0.2) is 8.42 Å². The van der Waals surface area contributed by atoms with Crippen molar-refractivity contribution in [3.8, 4) is 0 Å². The van der Waals surface area contributed by atoms with E-state index in [0.717, 1.165) is 11.8 Å². The first kappa shape index (κ1) is 14.6. The highest BCUT2D eigenvalue weighted by Crippen LogP contribution is 2.44. The van der Waals surface area contributed by atoms with Crippen LogP contribution in [0.2, 0.25) is 6.32 Å². The Kier molecular flexibility index (Phi) is 3.34. The van der Waals surface area contributed by atoms with Crippen molar-refractivity contribution in [2.45, 2.75) is 44.5 Å². The van der Waals surface area contributed by atoms with Crippen molar-refractivity contribution >= 4 is 22.2 Å². The van der Waals surface area contributed by atoms with Crippen LogP contribution in [0.5, 0.6) is 0 Å². The van der Waals surface area contributed by atoms with Crippen molar-refractivity contribution in [2.75, 3.05) is 6.26 Å². The second-order valence-corrected chi connectivity index (χ2v) is 8.56. The molecule has 0 saturated carbocycles. The molecule has 0 aliphatic carbocycles. The van der Waals surface area contributed by atoms with Crippen LogP contribution in [-0.4, -0.2) is 27.2 Å². The van der Waals surface area contributed by atoms with Gasteiger partial charge in [0.2, 0.25) is 0 Å². The average molecular weight is 280 g/mol. The van der Waals surface area contributed by atoms with Gasteiger partial charge in [-0.05, 0) is 43.2 Å². The number of hydrogen-bond acceptors (Lipinski definition) is 3. The molecule has 1 aliphatic rings. The largest absolute Gasteiger partial charge is 0.426 e. The van der Waals surface area contributed by atoms with Gasteiger partial charge in [0.15, 0.2) is 9.84 Å². The zero-order valence-corrected chi connectivity index (χ0v) is 13.0. The van der Waals surface area contributed by atoms with E-state index in [-0.39, 0.29) is 17.9 Å². The Balaban J connectivity index is 2.26. The van der Waals surface area contributed by atoms with E-state index >= 15 is 0 Å². The lowest BCUT2D eigenvalue weighted by Gasteiger charge is -2.34. The fourth-order valence-electron chi connectivity index (χ4n) is 2.38. The molecule has 0 aromatic heterocycles. The third-order valence-electron chi connectivity index (χ3n) is 4.44. The van der Waals surface area contributed by atoms with Crippen molar-refractivity contribution < 1.29 is 13.1 Å². The van der Waals surface area contributed by atoms with Crippen molar-refractivity contribution in [1.82, 2.24) is 0 Å². The van der Waals surface area contributed by atoms with Crippen molar-refractivity contribution in [2.24, 2.45) is 5.41 Å². The molecule has 0 bridgehead atoms. The summed E-state index contributed by atoms with van der Waals surface area (Å²) >= 11 is 0. The molecule has 104 valence electrons. The van der Waals surface area contributed by atoms with Crippen LogP contribution in [0.1, 0.15) is 27.7 Å². The molecule has 1 heterocycles. The third-order valence-corrected chi connectivity index (χ3v) is 5.57. The molecular formula is C14H21BO3S. The van der Waals surface area contributed by atoms with E-state index in [2.05, 4.69) is 27.7 Å². The fraction of sp³-hybridized carbons (Fsp3) is 0.571. The van der Waals surface area contributed by atoms with Gasteiger partial charge in [0.1, 0.15) is 0 Å². The molecule has 5 heteroatoms. The molecule has 1 aromatic carbocycles. The minimum atomic E-state index is -3.13. The summed E-state index contributed by atoms with van der Waals surface area (Å²) in [5, 5.41) is 0. The van der Waals surface area contributed by atoms with E-state index in [4.69, 9.17) is 4.65 Å². The van der Waals surface area contributed by atoms with Crippen molar-refractivity contribution in [3.63, 3.8) is 0 Å².